The molecule has 1 aromatic carbocycles. The maximum Gasteiger partial charge on any atom is 0.333 e. The third kappa shape index (κ3) is 3.53. The molecule has 110 valence electrons. The molecule has 1 N–H and O–H groups in total. The third-order valence-corrected chi connectivity index (χ3v) is 3.22. The molecule has 0 bridgehead atoms. The first kappa shape index (κ1) is 15.3. The number of ether oxygens (including phenoxy) is 1. The number of nitrogens with zero attached hydrogens (tertiary/aromatic N) is 1. The van der Waals surface area contributed by atoms with Crippen molar-refractivity contribution in [3.05, 3.63) is 51.8 Å². The van der Waals surface area contributed by atoms with Crippen LogP contribution in [0.25, 0.3) is 0 Å². The minimum atomic E-state index is -1.08. The van der Waals surface area contributed by atoms with Gasteiger partial charge >= 0.3 is 5.97 Å². The van der Waals surface area contributed by atoms with Gasteiger partial charge in [0.25, 0.3) is 5.91 Å². The number of esters is 1. The lowest BCUT2D eigenvalue weighted by atomic mass is 10.1. The summed E-state index contributed by atoms with van der Waals surface area (Å²) in [7, 11) is 1.21. The van der Waals surface area contributed by atoms with E-state index in [4.69, 9.17) is 23.2 Å². The number of benzene rings is 1. The minimum absolute atomic E-state index is 0.0361. The molecule has 21 heavy (non-hydrogen) atoms. The van der Waals surface area contributed by atoms with E-state index >= 15 is 0 Å². The Morgan fingerprint density at radius 2 is 2.10 bits per heavy atom. The largest absolute Gasteiger partial charge is 0.467 e. The number of aromatic nitrogens is 1. The van der Waals surface area contributed by atoms with Crippen LogP contribution in [-0.4, -0.2) is 24.1 Å². The van der Waals surface area contributed by atoms with E-state index in [0.717, 1.165) is 0 Å². The van der Waals surface area contributed by atoms with Crippen molar-refractivity contribution in [3.63, 3.8) is 0 Å². The van der Waals surface area contributed by atoms with Crippen LogP contribution < -0.4 is 5.32 Å². The van der Waals surface area contributed by atoms with E-state index in [-0.39, 0.29) is 10.7 Å². The average molecular weight is 329 g/mol. The second-order valence-electron chi connectivity index (χ2n) is 3.98. The van der Waals surface area contributed by atoms with E-state index in [1.54, 1.807) is 6.07 Å². The lowest BCUT2D eigenvalue weighted by molar-refractivity contribution is -0.143. The van der Waals surface area contributed by atoms with Gasteiger partial charge in [-0.1, -0.05) is 34.4 Å². The van der Waals surface area contributed by atoms with E-state index in [2.05, 4.69) is 19.7 Å². The third-order valence-electron chi connectivity index (χ3n) is 2.66. The van der Waals surface area contributed by atoms with Gasteiger partial charge in [-0.2, -0.15) is 0 Å². The summed E-state index contributed by atoms with van der Waals surface area (Å²) in [6, 6.07) is 4.85. The van der Waals surface area contributed by atoms with Gasteiger partial charge in [0.05, 0.1) is 7.11 Å². The molecule has 0 aliphatic rings. The lowest BCUT2D eigenvalue weighted by Crippen LogP contribution is -2.34. The zero-order valence-electron chi connectivity index (χ0n) is 10.8. The first-order chi connectivity index (χ1) is 10.0. The summed E-state index contributed by atoms with van der Waals surface area (Å²) in [5.74, 6) is -1.26. The Morgan fingerprint density at radius 1 is 1.33 bits per heavy atom. The fourth-order valence-electron chi connectivity index (χ4n) is 1.65. The summed E-state index contributed by atoms with van der Waals surface area (Å²) in [5, 5.41) is 6.62. The second kappa shape index (κ2) is 6.60. The number of hydrogen-bond donors (Lipinski definition) is 1. The molecule has 0 spiro atoms. The van der Waals surface area contributed by atoms with Crippen molar-refractivity contribution in [2.45, 2.75) is 6.04 Å². The number of amides is 1. The molecule has 0 unspecified atom stereocenters. The Kier molecular flexibility index (Phi) is 4.82. The van der Waals surface area contributed by atoms with Gasteiger partial charge in [-0.3, -0.25) is 4.79 Å². The molecule has 1 heterocycles. The zero-order chi connectivity index (χ0) is 15.4. The molecule has 0 aliphatic carbocycles. The van der Waals surface area contributed by atoms with Crippen LogP contribution in [0.4, 0.5) is 0 Å². The van der Waals surface area contributed by atoms with E-state index in [1.165, 1.54) is 31.6 Å². The quantitative estimate of drug-likeness (QED) is 0.872. The number of rotatable bonds is 4. The highest BCUT2D eigenvalue weighted by molar-refractivity contribution is 6.35. The molecule has 0 aliphatic heterocycles. The highest BCUT2D eigenvalue weighted by atomic mass is 35.5. The Bertz CT molecular complexity index is 658. The smallest absolute Gasteiger partial charge is 0.333 e. The molecule has 2 rings (SSSR count). The Labute approximate surface area is 130 Å². The molecule has 0 saturated heterocycles. The molecule has 2 aromatic rings. The van der Waals surface area contributed by atoms with Crippen LogP contribution in [0.15, 0.2) is 35.1 Å². The number of hydrogen-bond acceptors (Lipinski definition) is 5. The summed E-state index contributed by atoms with van der Waals surface area (Å²) >= 11 is 11.9. The Balaban J connectivity index is 2.30. The van der Waals surface area contributed by atoms with E-state index in [1.807, 2.05) is 0 Å². The van der Waals surface area contributed by atoms with Gasteiger partial charge in [-0.15, -0.1) is 0 Å². The van der Waals surface area contributed by atoms with Gasteiger partial charge < -0.3 is 14.6 Å². The molecule has 1 atom stereocenters. The standard InChI is InChI=1S/C13H10Cl2N2O4/c1-20-13(19)11(8-3-2-7(14)6-9(8)15)16-12(18)10-4-5-21-17-10/h2-6,11H,1H3,(H,16,18)/t11-/m1/s1. The number of halogens is 2. The van der Waals surface area contributed by atoms with Gasteiger partial charge in [0.1, 0.15) is 6.26 Å². The van der Waals surface area contributed by atoms with E-state index in [9.17, 15) is 9.59 Å². The van der Waals surface area contributed by atoms with Crippen molar-refractivity contribution >= 4 is 35.1 Å². The fourth-order valence-corrected chi connectivity index (χ4v) is 2.17. The first-order valence-electron chi connectivity index (χ1n) is 5.77. The van der Waals surface area contributed by atoms with Crippen LogP contribution in [0, 0.1) is 0 Å². The summed E-state index contributed by atoms with van der Waals surface area (Å²) < 4.78 is 9.26. The van der Waals surface area contributed by atoms with Crippen LogP contribution in [0.1, 0.15) is 22.1 Å². The van der Waals surface area contributed by atoms with Gasteiger partial charge in [0, 0.05) is 21.7 Å². The maximum absolute atomic E-state index is 12.0. The fraction of sp³-hybridized carbons (Fsp3) is 0.154. The molecule has 0 radical (unpaired) electrons. The molecule has 0 fully saturated rings. The van der Waals surface area contributed by atoms with Crippen molar-refractivity contribution in [1.29, 1.82) is 0 Å². The SMILES string of the molecule is COC(=O)[C@H](NC(=O)c1ccon1)c1ccc(Cl)cc1Cl. The number of nitrogens with one attached hydrogen (secondary N) is 1. The van der Waals surface area contributed by atoms with Gasteiger partial charge in [0.15, 0.2) is 11.7 Å². The second-order valence-corrected chi connectivity index (χ2v) is 4.82. The van der Waals surface area contributed by atoms with E-state index in [0.29, 0.717) is 10.6 Å². The highest BCUT2D eigenvalue weighted by Crippen LogP contribution is 2.27. The van der Waals surface area contributed by atoms with Gasteiger partial charge in [-0.25, -0.2) is 4.79 Å². The van der Waals surface area contributed by atoms with Crippen LogP contribution >= 0.6 is 23.2 Å². The molecule has 8 heteroatoms. The predicted molar refractivity (Wildman–Crippen MR) is 75.2 cm³/mol. The van der Waals surface area contributed by atoms with Gasteiger partial charge in [-0.05, 0) is 12.1 Å². The van der Waals surface area contributed by atoms with Crippen molar-refractivity contribution in [2.24, 2.45) is 0 Å². The summed E-state index contributed by atoms with van der Waals surface area (Å²) in [4.78, 5) is 23.9. The highest BCUT2D eigenvalue weighted by Gasteiger charge is 2.27. The van der Waals surface area contributed by atoms with Crippen molar-refractivity contribution in [2.75, 3.05) is 7.11 Å². The summed E-state index contributed by atoms with van der Waals surface area (Å²) in [6.07, 6.45) is 1.25. The Hall–Kier alpha value is -2.05. The monoisotopic (exact) mass is 328 g/mol. The zero-order valence-corrected chi connectivity index (χ0v) is 12.3. The topological polar surface area (TPSA) is 81.4 Å². The summed E-state index contributed by atoms with van der Waals surface area (Å²) in [6.45, 7) is 0. The molecule has 0 saturated carbocycles. The van der Waals surface area contributed by atoms with Crippen LogP contribution in [0.5, 0.6) is 0 Å². The minimum Gasteiger partial charge on any atom is -0.467 e. The molecule has 1 amide bonds. The predicted octanol–water partition coefficient (Wildman–Crippen LogP) is 2.63. The van der Waals surface area contributed by atoms with Gasteiger partial charge in [0.2, 0.25) is 0 Å². The Morgan fingerprint density at radius 3 is 2.67 bits per heavy atom. The lowest BCUT2D eigenvalue weighted by Gasteiger charge is -2.17. The van der Waals surface area contributed by atoms with E-state index < -0.39 is 17.9 Å². The summed E-state index contributed by atoms with van der Waals surface area (Å²) in [5.41, 5.74) is 0.402. The number of carbonyl (C=O) groups is 2. The molecule has 6 nitrogen and oxygen atoms in total. The van der Waals surface area contributed by atoms with Crippen LogP contribution in [0.2, 0.25) is 10.0 Å². The van der Waals surface area contributed by atoms with Crippen molar-refractivity contribution in [1.82, 2.24) is 10.5 Å². The molecular weight excluding hydrogens is 319 g/mol. The normalized spacial score (nSPS) is 11.8. The van der Waals surface area contributed by atoms with Crippen molar-refractivity contribution < 1.29 is 18.8 Å². The van der Waals surface area contributed by atoms with Crippen molar-refractivity contribution in [3.8, 4) is 0 Å². The van der Waals surface area contributed by atoms with Crippen LogP contribution in [0.3, 0.4) is 0 Å². The van der Waals surface area contributed by atoms with Crippen LogP contribution in [-0.2, 0) is 9.53 Å². The number of methoxy groups -OCH3 is 1. The molecule has 1 aromatic heterocycles. The maximum atomic E-state index is 12.0. The molecular formula is C13H10Cl2N2O4. The number of carbonyl (C=O) groups excluding carboxylic acids is 2. The average Bonchev–Trinajstić information content (AvgIpc) is 2.98. The first-order valence-corrected chi connectivity index (χ1v) is 6.52.